The maximum absolute atomic E-state index is 12.5. The SMILES string of the molecule is COCCOc1ccccc1C(=O)N1CCC(CN)C1. The van der Waals surface area contributed by atoms with Crippen molar-refractivity contribution in [3.05, 3.63) is 29.8 Å². The van der Waals surface area contributed by atoms with Gasteiger partial charge in [-0.3, -0.25) is 4.79 Å². The highest BCUT2D eigenvalue weighted by Crippen LogP contribution is 2.23. The van der Waals surface area contributed by atoms with E-state index in [0.29, 0.717) is 37.0 Å². The third-order valence-electron chi connectivity index (χ3n) is 3.57. The highest BCUT2D eigenvalue weighted by Gasteiger charge is 2.27. The van der Waals surface area contributed by atoms with E-state index < -0.39 is 0 Å². The molecular weight excluding hydrogens is 256 g/mol. The Hall–Kier alpha value is -1.59. The molecule has 1 amide bonds. The van der Waals surface area contributed by atoms with Crippen LogP contribution in [0.3, 0.4) is 0 Å². The summed E-state index contributed by atoms with van der Waals surface area (Å²) in [7, 11) is 1.62. The first-order valence-corrected chi connectivity index (χ1v) is 6.96. The van der Waals surface area contributed by atoms with E-state index in [2.05, 4.69) is 0 Å². The summed E-state index contributed by atoms with van der Waals surface area (Å²) in [6.45, 7) is 3.08. The maximum Gasteiger partial charge on any atom is 0.257 e. The van der Waals surface area contributed by atoms with Crippen LogP contribution in [0, 0.1) is 5.92 Å². The number of methoxy groups -OCH3 is 1. The summed E-state index contributed by atoms with van der Waals surface area (Å²) in [6, 6.07) is 7.35. The zero-order valence-corrected chi connectivity index (χ0v) is 11.9. The smallest absolute Gasteiger partial charge is 0.257 e. The number of hydrogen-bond donors (Lipinski definition) is 1. The fourth-order valence-electron chi connectivity index (χ4n) is 2.38. The van der Waals surface area contributed by atoms with Crippen molar-refractivity contribution in [2.24, 2.45) is 11.7 Å². The van der Waals surface area contributed by atoms with Crippen LogP contribution in [-0.2, 0) is 4.74 Å². The van der Waals surface area contributed by atoms with Crippen LogP contribution in [-0.4, -0.2) is 50.8 Å². The Balaban J connectivity index is 2.05. The molecule has 0 bridgehead atoms. The average Bonchev–Trinajstić information content (AvgIpc) is 2.96. The van der Waals surface area contributed by atoms with Crippen LogP contribution in [0.5, 0.6) is 5.75 Å². The van der Waals surface area contributed by atoms with Crippen molar-refractivity contribution in [2.75, 3.05) is 40.0 Å². The normalized spacial score (nSPS) is 18.3. The highest BCUT2D eigenvalue weighted by atomic mass is 16.5. The standard InChI is InChI=1S/C15H22N2O3/c1-19-8-9-20-14-5-3-2-4-13(14)15(18)17-7-6-12(10-16)11-17/h2-5,12H,6-11,16H2,1H3. The number of likely N-dealkylation sites (tertiary alicyclic amines) is 1. The Morgan fingerprint density at radius 1 is 1.40 bits per heavy atom. The molecule has 0 spiro atoms. The van der Waals surface area contributed by atoms with Crippen LogP contribution >= 0.6 is 0 Å². The molecule has 5 nitrogen and oxygen atoms in total. The van der Waals surface area contributed by atoms with Gasteiger partial charge in [-0.05, 0) is 31.0 Å². The van der Waals surface area contributed by atoms with Crippen LogP contribution < -0.4 is 10.5 Å². The molecule has 1 aliphatic heterocycles. The minimum absolute atomic E-state index is 0.0222. The Kier molecular flexibility index (Phi) is 5.38. The summed E-state index contributed by atoms with van der Waals surface area (Å²) in [6.07, 6.45) is 0.981. The van der Waals surface area contributed by atoms with E-state index in [1.807, 2.05) is 23.1 Å². The van der Waals surface area contributed by atoms with E-state index in [1.165, 1.54) is 0 Å². The summed E-state index contributed by atoms with van der Waals surface area (Å²) in [5, 5.41) is 0. The molecule has 0 radical (unpaired) electrons. The summed E-state index contributed by atoms with van der Waals surface area (Å²) >= 11 is 0. The molecule has 5 heteroatoms. The summed E-state index contributed by atoms with van der Waals surface area (Å²) in [4.78, 5) is 14.4. The van der Waals surface area contributed by atoms with E-state index in [-0.39, 0.29) is 5.91 Å². The molecule has 1 fully saturated rings. The molecule has 1 aromatic carbocycles. The number of para-hydroxylation sites is 1. The number of benzene rings is 1. The van der Waals surface area contributed by atoms with Gasteiger partial charge in [0.05, 0.1) is 12.2 Å². The van der Waals surface area contributed by atoms with Gasteiger partial charge in [-0.25, -0.2) is 0 Å². The third-order valence-corrected chi connectivity index (χ3v) is 3.57. The van der Waals surface area contributed by atoms with Crippen molar-refractivity contribution in [2.45, 2.75) is 6.42 Å². The number of rotatable bonds is 6. The lowest BCUT2D eigenvalue weighted by Crippen LogP contribution is -2.30. The molecule has 0 aliphatic carbocycles. The summed E-state index contributed by atoms with van der Waals surface area (Å²) in [5.41, 5.74) is 6.28. The molecule has 1 atom stereocenters. The number of ether oxygens (including phenoxy) is 2. The highest BCUT2D eigenvalue weighted by molar-refractivity contribution is 5.97. The van der Waals surface area contributed by atoms with Crippen molar-refractivity contribution < 1.29 is 14.3 Å². The first kappa shape index (κ1) is 14.8. The first-order chi connectivity index (χ1) is 9.76. The van der Waals surface area contributed by atoms with Gasteiger partial charge >= 0.3 is 0 Å². The largest absolute Gasteiger partial charge is 0.490 e. The molecule has 1 heterocycles. The van der Waals surface area contributed by atoms with E-state index >= 15 is 0 Å². The van der Waals surface area contributed by atoms with Crippen LogP contribution in [0.25, 0.3) is 0 Å². The van der Waals surface area contributed by atoms with Crippen molar-refractivity contribution >= 4 is 5.91 Å². The Morgan fingerprint density at radius 2 is 2.20 bits per heavy atom. The quantitative estimate of drug-likeness (QED) is 0.792. The zero-order chi connectivity index (χ0) is 14.4. The van der Waals surface area contributed by atoms with Crippen LogP contribution in [0.4, 0.5) is 0 Å². The predicted molar refractivity (Wildman–Crippen MR) is 76.9 cm³/mol. The molecule has 2 N–H and O–H groups in total. The van der Waals surface area contributed by atoms with Gasteiger partial charge in [0, 0.05) is 20.2 Å². The minimum Gasteiger partial charge on any atom is -0.490 e. The fourth-order valence-corrected chi connectivity index (χ4v) is 2.38. The Labute approximate surface area is 119 Å². The fraction of sp³-hybridized carbons (Fsp3) is 0.533. The second-order valence-electron chi connectivity index (χ2n) is 4.98. The van der Waals surface area contributed by atoms with Gasteiger partial charge < -0.3 is 20.1 Å². The molecular formula is C15H22N2O3. The molecule has 20 heavy (non-hydrogen) atoms. The second-order valence-corrected chi connectivity index (χ2v) is 4.98. The molecule has 1 saturated heterocycles. The van der Waals surface area contributed by atoms with Crippen molar-refractivity contribution in [1.29, 1.82) is 0 Å². The monoisotopic (exact) mass is 278 g/mol. The number of carbonyl (C=O) groups excluding carboxylic acids is 1. The van der Waals surface area contributed by atoms with Crippen LogP contribution in [0.1, 0.15) is 16.8 Å². The number of amides is 1. The maximum atomic E-state index is 12.5. The first-order valence-electron chi connectivity index (χ1n) is 6.96. The van der Waals surface area contributed by atoms with Crippen molar-refractivity contribution in [3.63, 3.8) is 0 Å². The zero-order valence-electron chi connectivity index (χ0n) is 11.9. The summed E-state index contributed by atoms with van der Waals surface area (Å²) in [5.74, 6) is 1.06. The predicted octanol–water partition coefficient (Wildman–Crippen LogP) is 1.13. The number of nitrogens with zero attached hydrogens (tertiary/aromatic N) is 1. The van der Waals surface area contributed by atoms with Crippen LogP contribution in [0.2, 0.25) is 0 Å². The molecule has 1 aliphatic rings. The Morgan fingerprint density at radius 3 is 2.90 bits per heavy atom. The lowest BCUT2D eigenvalue weighted by Gasteiger charge is -2.18. The molecule has 110 valence electrons. The van der Waals surface area contributed by atoms with Gasteiger partial charge in [0.2, 0.25) is 0 Å². The van der Waals surface area contributed by atoms with Crippen molar-refractivity contribution in [3.8, 4) is 5.75 Å². The van der Waals surface area contributed by atoms with E-state index in [0.717, 1.165) is 19.5 Å². The van der Waals surface area contributed by atoms with Crippen molar-refractivity contribution in [1.82, 2.24) is 4.90 Å². The molecule has 2 rings (SSSR count). The average molecular weight is 278 g/mol. The minimum atomic E-state index is 0.0222. The molecule has 0 saturated carbocycles. The molecule has 0 aromatic heterocycles. The Bertz CT molecular complexity index is 450. The second kappa shape index (κ2) is 7.26. The lowest BCUT2D eigenvalue weighted by molar-refractivity contribution is 0.0780. The molecule has 1 aromatic rings. The van der Waals surface area contributed by atoms with Crippen LogP contribution in [0.15, 0.2) is 24.3 Å². The number of hydrogen-bond acceptors (Lipinski definition) is 4. The van der Waals surface area contributed by atoms with Gasteiger partial charge in [0.1, 0.15) is 12.4 Å². The van der Waals surface area contributed by atoms with Gasteiger partial charge in [0.15, 0.2) is 0 Å². The number of carbonyl (C=O) groups is 1. The van der Waals surface area contributed by atoms with E-state index in [4.69, 9.17) is 15.2 Å². The van der Waals surface area contributed by atoms with E-state index in [9.17, 15) is 4.79 Å². The summed E-state index contributed by atoms with van der Waals surface area (Å²) < 4.78 is 10.6. The molecule has 1 unspecified atom stereocenters. The van der Waals surface area contributed by atoms with Gasteiger partial charge in [-0.2, -0.15) is 0 Å². The lowest BCUT2D eigenvalue weighted by atomic mass is 10.1. The van der Waals surface area contributed by atoms with Gasteiger partial charge in [-0.15, -0.1) is 0 Å². The third kappa shape index (κ3) is 3.49. The van der Waals surface area contributed by atoms with E-state index in [1.54, 1.807) is 13.2 Å². The topological polar surface area (TPSA) is 64.8 Å². The number of nitrogens with two attached hydrogens (primary N) is 1. The van der Waals surface area contributed by atoms with Gasteiger partial charge in [-0.1, -0.05) is 12.1 Å². The van der Waals surface area contributed by atoms with Gasteiger partial charge in [0.25, 0.3) is 5.91 Å².